The number of piperazine rings is 1. The van der Waals surface area contributed by atoms with Crippen LogP contribution < -0.4 is 10.6 Å². The zero-order valence-corrected chi connectivity index (χ0v) is 16.4. The molecule has 1 fully saturated rings. The van der Waals surface area contributed by atoms with Gasteiger partial charge in [0.2, 0.25) is 5.91 Å². The third-order valence-corrected chi connectivity index (χ3v) is 6.06. The largest absolute Gasteiger partial charge is 0.350 e. The van der Waals surface area contributed by atoms with Crippen molar-refractivity contribution in [1.82, 2.24) is 15.5 Å². The average molecular weight is 414 g/mol. The van der Waals surface area contributed by atoms with Crippen molar-refractivity contribution in [3.63, 3.8) is 0 Å². The van der Waals surface area contributed by atoms with Crippen LogP contribution >= 0.6 is 15.9 Å². The summed E-state index contributed by atoms with van der Waals surface area (Å²) in [5, 5.41) is 6.62. The van der Waals surface area contributed by atoms with Crippen LogP contribution in [0.2, 0.25) is 0 Å². The number of carbonyl (C=O) groups excluding carboxylic acids is 1. The van der Waals surface area contributed by atoms with Gasteiger partial charge in [0, 0.05) is 50.0 Å². The second-order valence-corrected chi connectivity index (χ2v) is 8.12. The molecular weight excluding hydrogens is 390 g/mol. The van der Waals surface area contributed by atoms with E-state index in [-0.39, 0.29) is 5.91 Å². The second-order valence-electron chi connectivity index (χ2n) is 7.20. The summed E-state index contributed by atoms with van der Waals surface area (Å²) in [5.74, 6) is 0.149. The van der Waals surface area contributed by atoms with Crippen LogP contribution in [0.5, 0.6) is 0 Å². The molecule has 0 saturated carbocycles. The molecule has 2 aromatic rings. The SMILES string of the molecule is O=C(NCc1cccc(Br)c1)C1(N2CCNCC2)Cc2ccccc2C1. The molecule has 2 N–H and O–H groups in total. The van der Waals surface area contributed by atoms with Crippen molar-refractivity contribution >= 4 is 21.8 Å². The lowest BCUT2D eigenvalue weighted by molar-refractivity contribution is -0.134. The molecule has 0 radical (unpaired) electrons. The van der Waals surface area contributed by atoms with Crippen LogP contribution in [0.4, 0.5) is 0 Å². The Hall–Kier alpha value is -1.69. The minimum absolute atomic E-state index is 0.149. The Morgan fingerprint density at radius 1 is 1.08 bits per heavy atom. The normalized spacial score (nSPS) is 19.1. The predicted molar refractivity (Wildman–Crippen MR) is 107 cm³/mol. The third kappa shape index (κ3) is 3.43. The smallest absolute Gasteiger partial charge is 0.241 e. The minimum Gasteiger partial charge on any atom is -0.350 e. The van der Waals surface area contributed by atoms with Crippen LogP contribution in [0, 0.1) is 0 Å². The molecule has 0 unspecified atom stereocenters. The van der Waals surface area contributed by atoms with Gasteiger partial charge in [-0.05, 0) is 28.8 Å². The Bertz CT molecular complexity index is 776. The molecule has 4 rings (SSSR count). The number of rotatable bonds is 4. The van der Waals surface area contributed by atoms with E-state index >= 15 is 0 Å². The van der Waals surface area contributed by atoms with Crippen molar-refractivity contribution in [2.24, 2.45) is 0 Å². The van der Waals surface area contributed by atoms with E-state index in [1.807, 2.05) is 18.2 Å². The molecule has 1 heterocycles. The Morgan fingerprint density at radius 2 is 1.77 bits per heavy atom. The maximum absolute atomic E-state index is 13.4. The molecule has 0 bridgehead atoms. The summed E-state index contributed by atoms with van der Waals surface area (Å²) in [6.07, 6.45) is 1.60. The first kappa shape index (κ1) is 17.7. The Labute approximate surface area is 163 Å². The number of nitrogens with one attached hydrogen (secondary N) is 2. The first-order valence-corrected chi connectivity index (χ1v) is 10.0. The molecule has 5 heteroatoms. The van der Waals surface area contributed by atoms with E-state index < -0.39 is 5.54 Å². The van der Waals surface area contributed by atoms with E-state index in [1.165, 1.54) is 11.1 Å². The number of nitrogens with zero attached hydrogens (tertiary/aromatic N) is 1. The maximum Gasteiger partial charge on any atom is 0.241 e. The Kier molecular flexibility index (Phi) is 5.11. The van der Waals surface area contributed by atoms with E-state index in [9.17, 15) is 4.79 Å². The van der Waals surface area contributed by atoms with Crippen molar-refractivity contribution in [2.45, 2.75) is 24.9 Å². The van der Waals surface area contributed by atoms with E-state index in [0.717, 1.165) is 49.1 Å². The number of carbonyl (C=O) groups is 1. The van der Waals surface area contributed by atoms with Crippen molar-refractivity contribution in [3.05, 3.63) is 69.7 Å². The van der Waals surface area contributed by atoms with Crippen LogP contribution in [-0.4, -0.2) is 42.5 Å². The highest BCUT2D eigenvalue weighted by atomic mass is 79.9. The molecule has 26 heavy (non-hydrogen) atoms. The van der Waals surface area contributed by atoms with E-state index in [1.54, 1.807) is 0 Å². The van der Waals surface area contributed by atoms with Crippen LogP contribution in [0.1, 0.15) is 16.7 Å². The molecule has 0 aromatic heterocycles. The summed E-state index contributed by atoms with van der Waals surface area (Å²) < 4.78 is 1.04. The molecule has 0 spiro atoms. The lowest BCUT2D eigenvalue weighted by Gasteiger charge is -2.42. The summed E-state index contributed by atoms with van der Waals surface area (Å²) in [5.41, 5.74) is 3.27. The van der Waals surface area contributed by atoms with Gasteiger partial charge in [0.15, 0.2) is 0 Å². The number of fused-ring (bicyclic) bond motifs is 1. The summed E-state index contributed by atoms with van der Waals surface area (Å²) >= 11 is 3.50. The lowest BCUT2D eigenvalue weighted by Crippen LogP contribution is -2.63. The van der Waals surface area contributed by atoms with Crippen LogP contribution in [0.15, 0.2) is 53.0 Å². The highest BCUT2D eigenvalue weighted by Gasteiger charge is 2.48. The lowest BCUT2D eigenvalue weighted by atomic mass is 9.91. The minimum atomic E-state index is -0.461. The molecule has 2 aromatic carbocycles. The molecule has 1 aliphatic carbocycles. The zero-order chi connectivity index (χ0) is 18.0. The van der Waals surface area contributed by atoms with Crippen molar-refractivity contribution < 1.29 is 4.79 Å². The zero-order valence-electron chi connectivity index (χ0n) is 14.8. The second kappa shape index (κ2) is 7.51. The van der Waals surface area contributed by atoms with Gasteiger partial charge in [0.05, 0.1) is 0 Å². The number of halogens is 1. The molecule has 1 saturated heterocycles. The van der Waals surface area contributed by atoms with Crippen LogP contribution in [0.3, 0.4) is 0 Å². The number of benzene rings is 2. The molecule has 1 aliphatic heterocycles. The van der Waals surface area contributed by atoms with Gasteiger partial charge in [-0.25, -0.2) is 0 Å². The van der Waals surface area contributed by atoms with Crippen molar-refractivity contribution in [2.75, 3.05) is 26.2 Å². The van der Waals surface area contributed by atoms with E-state index in [2.05, 4.69) is 61.8 Å². The Morgan fingerprint density at radius 3 is 2.42 bits per heavy atom. The summed E-state index contributed by atoms with van der Waals surface area (Å²) in [7, 11) is 0. The van der Waals surface area contributed by atoms with Gasteiger partial charge in [0.25, 0.3) is 0 Å². The third-order valence-electron chi connectivity index (χ3n) is 5.57. The molecule has 1 amide bonds. The van der Waals surface area contributed by atoms with Gasteiger partial charge in [-0.1, -0.05) is 52.3 Å². The van der Waals surface area contributed by atoms with Crippen LogP contribution in [-0.2, 0) is 24.2 Å². The van der Waals surface area contributed by atoms with Gasteiger partial charge in [-0.2, -0.15) is 0 Å². The predicted octanol–water partition coefficient (Wildman–Crippen LogP) is 2.51. The topological polar surface area (TPSA) is 44.4 Å². The monoisotopic (exact) mass is 413 g/mol. The molecule has 136 valence electrons. The van der Waals surface area contributed by atoms with Gasteiger partial charge in [-0.15, -0.1) is 0 Å². The Balaban J connectivity index is 1.56. The number of hydrogen-bond donors (Lipinski definition) is 2. The summed E-state index contributed by atoms with van der Waals surface area (Å²) in [6, 6.07) is 16.6. The number of hydrogen-bond acceptors (Lipinski definition) is 3. The standard InChI is InChI=1S/C21H24BrN3O/c22-19-7-3-4-16(12-19)15-24-20(26)21(25-10-8-23-9-11-25)13-17-5-1-2-6-18(17)14-21/h1-7,12,23H,8-11,13-15H2,(H,24,26). The highest BCUT2D eigenvalue weighted by Crippen LogP contribution is 2.35. The molecule has 0 atom stereocenters. The first-order chi connectivity index (χ1) is 12.7. The maximum atomic E-state index is 13.4. The summed E-state index contributed by atoms with van der Waals surface area (Å²) in [6.45, 7) is 4.27. The fraction of sp³-hybridized carbons (Fsp3) is 0.381. The van der Waals surface area contributed by atoms with Gasteiger partial charge in [0.1, 0.15) is 5.54 Å². The first-order valence-electron chi connectivity index (χ1n) is 9.23. The summed E-state index contributed by atoms with van der Waals surface area (Å²) in [4.78, 5) is 15.8. The molecular formula is C21H24BrN3O. The van der Waals surface area contributed by atoms with E-state index in [4.69, 9.17) is 0 Å². The fourth-order valence-electron chi connectivity index (χ4n) is 4.21. The van der Waals surface area contributed by atoms with Crippen molar-refractivity contribution in [3.8, 4) is 0 Å². The fourth-order valence-corrected chi connectivity index (χ4v) is 4.66. The van der Waals surface area contributed by atoms with Gasteiger partial charge >= 0.3 is 0 Å². The quantitative estimate of drug-likeness (QED) is 0.808. The number of amides is 1. The van der Waals surface area contributed by atoms with Crippen molar-refractivity contribution in [1.29, 1.82) is 0 Å². The highest BCUT2D eigenvalue weighted by molar-refractivity contribution is 9.10. The molecule has 4 nitrogen and oxygen atoms in total. The van der Waals surface area contributed by atoms with Gasteiger partial charge in [-0.3, -0.25) is 9.69 Å². The average Bonchev–Trinajstić information content (AvgIpc) is 3.08. The molecule has 2 aliphatic rings. The van der Waals surface area contributed by atoms with E-state index in [0.29, 0.717) is 6.54 Å². The van der Waals surface area contributed by atoms with Crippen LogP contribution in [0.25, 0.3) is 0 Å². The van der Waals surface area contributed by atoms with Gasteiger partial charge < -0.3 is 10.6 Å².